The number of nitrogens with one attached hydrogen (secondary N) is 2. The average Bonchev–Trinajstić information content (AvgIpc) is 3.21. The standard InChI is InChI=1S/C22H25N3O3/c26-21(8-10-25-11-13-28-14-12-25)17-3-5-19(6-4-17)24-22(27)18-2-1-16-7-9-23-20(16)15-18/h1-7,9,15,21,23,26H,8,10-14H2,(H,24,27). The monoisotopic (exact) mass is 379 g/mol. The number of amides is 1. The number of carbonyl (C=O) groups is 1. The average molecular weight is 379 g/mol. The number of anilines is 1. The van der Waals surface area contributed by atoms with E-state index in [0.29, 0.717) is 17.7 Å². The Morgan fingerprint density at radius 2 is 1.93 bits per heavy atom. The molecule has 0 aliphatic carbocycles. The van der Waals surface area contributed by atoms with Crippen LogP contribution in [0, 0.1) is 0 Å². The number of aromatic amines is 1. The Hall–Kier alpha value is -2.67. The van der Waals surface area contributed by atoms with Crippen molar-refractivity contribution in [3.63, 3.8) is 0 Å². The van der Waals surface area contributed by atoms with E-state index in [1.54, 1.807) is 0 Å². The summed E-state index contributed by atoms with van der Waals surface area (Å²) < 4.78 is 5.34. The molecule has 6 nitrogen and oxygen atoms in total. The SMILES string of the molecule is O=C(Nc1ccc(C(O)CCN2CCOCC2)cc1)c1ccc2cc[nH]c2c1. The highest BCUT2D eigenvalue weighted by molar-refractivity contribution is 6.06. The minimum absolute atomic E-state index is 0.155. The summed E-state index contributed by atoms with van der Waals surface area (Å²) in [5.74, 6) is -0.155. The number of nitrogens with zero attached hydrogens (tertiary/aromatic N) is 1. The predicted molar refractivity (Wildman–Crippen MR) is 110 cm³/mol. The number of rotatable bonds is 6. The number of aliphatic hydroxyl groups is 1. The fourth-order valence-corrected chi connectivity index (χ4v) is 3.48. The van der Waals surface area contributed by atoms with Gasteiger partial charge in [0.25, 0.3) is 5.91 Å². The van der Waals surface area contributed by atoms with E-state index in [4.69, 9.17) is 4.74 Å². The van der Waals surface area contributed by atoms with Crippen LogP contribution >= 0.6 is 0 Å². The molecule has 0 radical (unpaired) electrons. The lowest BCUT2D eigenvalue weighted by molar-refractivity contribution is 0.0300. The molecule has 0 spiro atoms. The van der Waals surface area contributed by atoms with E-state index >= 15 is 0 Å². The van der Waals surface area contributed by atoms with Gasteiger partial charge in [0.2, 0.25) is 0 Å². The highest BCUT2D eigenvalue weighted by atomic mass is 16.5. The van der Waals surface area contributed by atoms with Gasteiger partial charge in [-0.3, -0.25) is 9.69 Å². The Kier molecular flexibility index (Phi) is 5.71. The van der Waals surface area contributed by atoms with Crippen LogP contribution < -0.4 is 5.32 Å². The molecule has 0 saturated carbocycles. The number of carbonyl (C=O) groups excluding carboxylic acids is 1. The predicted octanol–water partition coefficient (Wildman–Crippen LogP) is 3.18. The highest BCUT2D eigenvalue weighted by Crippen LogP contribution is 2.21. The van der Waals surface area contributed by atoms with E-state index in [1.807, 2.05) is 54.7 Å². The lowest BCUT2D eigenvalue weighted by Gasteiger charge is -2.27. The van der Waals surface area contributed by atoms with Gasteiger partial charge in [0, 0.05) is 42.6 Å². The summed E-state index contributed by atoms with van der Waals surface area (Å²) in [5.41, 5.74) is 3.11. The maximum atomic E-state index is 12.5. The molecule has 0 bridgehead atoms. The van der Waals surface area contributed by atoms with E-state index in [1.165, 1.54) is 0 Å². The van der Waals surface area contributed by atoms with Gasteiger partial charge >= 0.3 is 0 Å². The normalized spacial score (nSPS) is 16.2. The lowest BCUT2D eigenvalue weighted by Crippen LogP contribution is -2.37. The van der Waals surface area contributed by atoms with E-state index in [0.717, 1.165) is 49.3 Å². The second-order valence-electron chi connectivity index (χ2n) is 7.11. The minimum Gasteiger partial charge on any atom is -0.388 e. The Labute approximate surface area is 164 Å². The van der Waals surface area contributed by atoms with Crippen molar-refractivity contribution in [2.24, 2.45) is 0 Å². The highest BCUT2D eigenvalue weighted by Gasteiger charge is 2.14. The number of morpholine rings is 1. The third-order valence-corrected chi connectivity index (χ3v) is 5.19. The molecule has 6 heteroatoms. The van der Waals surface area contributed by atoms with Crippen LogP contribution in [0.4, 0.5) is 5.69 Å². The second-order valence-corrected chi connectivity index (χ2v) is 7.11. The second kappa shape index (κ2) is 8.56. The number of fused-ring (bicyclic) bond motifs is 1. The maximum absolute atomic E-state index is 12.5. The molecule has 146 valence electrons. The summed E-state index contributed by atoms with van der Waals surface area (Å²) >= 11 is 0. The molecule has 1 aromatic heterocycles. The summed E-state index contributed by atoms with van der Waals surface area (Å²) in [7, 11) is 0. The molecule has 2 heterocycles. The summed E-state index contributed by atoms with van der Waals surface area (Å²) in [6.07, 6.45) is 2.03. The Bertz CT molecular complexity index is 930. The van der Waals surface area contributed by atoms with Crippen LogP contribution in [0.3, 0.4) is 0 Å². The molecule has 1 amide bonds. The zero-order valence-corrected chi connectivity index (χ0v) is 15.7. The largest absolute Gasteiger partial charge is 0.388 e. The number of benzene rings is 2. The van der Waals surface area contributed by atoms with Crippen LogP contribution in [-0.4, -0.2) is 53.7 Å². The smallest absolute Gasteiger partial charge is 0.255 e. The third-order valence-electron chi connectivity index (χ3n) is 5.19. The van der Waals surface area contributed by atoms with E-state index < -0.39 is 6.10 Å². The summed E-state index contributed by atoms with van der Waals surface area (Å²) in [6.45, 7) is 4.23. The van der Waals surface area contributed by atoms with Crippen LogP contribution in [0.5, 0.6) is 0 Å². The van der Waals surface area contributed by atoms with E-state index in [9.17, 15) is 9.90 Å². The summed E-state index contributed by atoms with van der Waals surface area (Å²) in [4.78, 5) is 17.9. The number of H-pyrrole nitrogens is 1. The zero-order valence-electron chi connectivity index (χ0n) is 15.7. The molecule has 1 saturated heterocycles. The fraction of sp³-hybridized carbons (Fsp3) is 0.318. The minimum atomic E-state index is -0.511. The first-order chi connectivity index (χ1) is 13.7. The molecule has 1 unspecified atom stereocenters. The number of aliphatic hydroxyl groups excluding tert-OH is 1. The van der Waals surface area contributed by atoms with Crippen molar-refractivity contribution < 1.29 is 14.6 Å². The van der Waals surface area contributed by atoms with Crippen LogP contribution in [-0.2, 0) is 4.74 Å². The van der Waals surface area contributed by atoms with Gasteiger partial charge < -0.3 is 20.1 Å². The Morgan fingerprint density at radius 3 is 2.71 bits per heavy atom. The Morgan fingerprint density at radius 1 is 1.14 bits per heavy atom. The molecule has 28 heavy (non-hydrogen) atoms. The molecular formula is C22H25N3O3. The van der Waals surface area contributed by atoms with Gasteiger partial charge in [-0.15, -0.1) is 0 Å². The summed E-state index contributed by atoms with van der Waals surface area (Å²) in [6, 6.07) is 15.0. The molecule has 1 atom stereocenters. The molecule has 1 aliphatic heterocycles. The number of hydrogen-bond donors (Lipinski definition) is 3. The topological polar surface area (TPSA) is 77.6 Å². The van der Waals surface area contributed by atoms with Gasteiger partial charge in [-0.05, 0) is 47.7 Å². The van der Waals surface area contributed by atoms with Crippen molar-refractivity contribution >= 4 is 22.5 Å². The van der Waals surface area contributed by atoms with Crippen molar-refractivity contribution in [1.29, 1.82) is 0 Å². The number of ether oxygens (including phenoxy) is 1. The third kappa shape index (κ3) is 4.42. The molecule has 4 rings (SSSR count). The first kappa shape index (κ1) is 18.7. The van der Waals surface area contributed by atoms with Gasteiger partial charge in [0.15, 0.2) is 0 Å². The molecule has 3 N–H and O–H groups in total. The molecular weight excluding hydrogens is 354 g/mol. The van der Waals surface area contributed by atoms with Crippen molar-refractivity contribution in [1.82, 2.24) is 9.88 Å². The molecule has 2 aromatic carbocycles. The first-order valence-corrected chi connectivity index (χ1v) is 9.66. The van der Waals surface area contributed by atoms with Gasteiger partial charge in [0.05, 0.1) is 19.3 Å². The van der Waals surface area contributed by atoms with Gasteiger partial charge in [0.1, 0.15) is 0 Å². The lowest BCUT2D eigenvalue weighted by atomic mass is 10.1. The van der Waals surface area contributed by atoms with Crippen molar-refractivity contribution in [2.45, 2.75) is 12.5 Å². The Balaban J connectivity index is 1.33. The van der Waals surface area contributed by atoms with Crippen LogP contribution in [0.1, 0.15) is 28.4 Å². The van der Waals surface area contributed by atoms with Gasteiger partial charge in [-0.25, -0.2) is 0 Å². The maximum Gasteiger partial charge on any atom is 0.255 e. The number of aromatic nitrogens is 1. The number of hydrogen-bond acceptors (Lipinski definition) is 4. The van der Waals surface area contributed by atoms with Gasteiger partial charge in [-0.1, -0.05) is 18.2 Å². The van der Waals surface area contributed by atoms with Crippen molar-refractivity contribution in [3.8, 4) is 0 Å². The van der Waals surface area contributed by atoms with Crippen LogP contribution in [0.15, 0.2) is 54.7 Å². The van der Waals surface area contributed by atoms with E-state index in [2.05, 4.69) is 15.2 Å². The first-order valence-electron chi connectivity index (χ1n) is 9.66. The quantitative estimate of drug-likeness (QED) is 0.615. The molecule has 1 fully saturated rings. The van der Waals surface area contributed by atoms with E-state index in [-0.39, 0.29) is 5.91 Å². The zero-order chi connectivity index (χ0) is 19.3. The van der Waals surface area contributed by atoms with Crippen LogP contribution in [0.25, 0.3) is 10.9 Å². The molecule has 1 aliphatic rings. The van der Waals surface area contributed by atoms with Crippen molar-refractivity contribution in [3.05, 3.63) is 65.9 Å². The summed E-state index contributed by atoms with van der Waals surface area (Å²) in [5, 5.41) is 14.4. The fourth-order valence-electron chi connectivity index (χ4n) is 3.48. The van der Waals surface area contributed by atoms with Gasteiger partial charge in [-0.2, -0.15) is 0 Å². The molecule has 3 aromatic rings. The van der Waals surface area contributed by atoms with Crippen LogP contribution in [0.2, 0.25) is 0 Å². The van der Waals surface area contributed by atoms with Crippen molar-refractivity contribution in [2.75, 3.05) is 38.2 Å².